The third kappa shape index (κ3) is 7.00. The lowest BCUT2D eigenvalue weighted by Crippen LogP contribution is -2.51. The molecule has 1 fully saturated rings. The summed E-state index contributed by atoms with van der Waals surface area (Å²) in [7, 11) is 3.06. The molecule has 11 heteroatoms. The molecular formula is C24H26N4O6S. The standard InChI is InChI=1S/C24H26N4O6S/c1-32-18-12-16(13-19(34-14-35)22(18)33-2)26-23-15(7-5-11-25-23)6-3-4-8-20(29)27-17-9-10-21(30)28-24(17)31/h3-8,11-13,17,35H,9-10,14H2,1-2H3,(H,25,26)(H,27,29)(H,28,30,31)/b6-3+,8-4+. The third-order valence-electron chi connectivity index (χ3n) is 4.96. The summed E-state index contributed by atoms with van der Waals surface area (Å²) in [4.78, 5) is 39.4. The van der Waals surface area contributed by atoms with Crippen LogP contribution in [-0.2, 0) is 14.4 Å². The van der Waals surface area contributed by atoms with Gasteiger partial charge >= 0.3 is 0 Å². The van der Waals surface area contributed by atoms with Crippen LogP contribution in [0.25, 0.3) is 6.08 Å². The maximum atomic E-state index is 12.1. The lowest BCUT2D eigenvalue weighted by molar-refractivity contribution is -0.136. The van der Waals surface area contributed by atoms with Crippen molar-refractivity contribution in [2.75, 3.05) is 25.5 Å². The van der Waals surface area contributed by atoms with Gasteiger partial charge in [0.15, 0.2) is 11.5 Å². The smallest absolute Gasteiger partial charge is 0.249 e. The molecule has 3 rings (SSSR count). The second-order valence-electron chi connectivity index (χ2n) is 7.28. The van der Waals surface area contributed by atoms with Gasteiger partial charge in [-0.25, -0.2) is 4.98 Å². The number of piperidine rings is 1. The first-order valence-corrected chi connectivity index (χ1v) is 11.3. The highest BCUT2D eigenvalue weighted by Crippen LogP contribution is 2.41. The average molecular weight is 499 g/mol. The molecule has 10 nitrogen and oxygen atoms in total. The molecule has 2 aromatic rings. The molecule has 1 saturated heterocycles. The molecule has 3 N–H and O–H groups in total. The van der Waals surface area contributed by atoms with Gasteiger partial charge in [-0.3, -0.25) is 19.7 Å². The van der Waals surface area contributed by atoms with E-state index in [-0.39, 0.29) is 24.7 Å². The van der Waals surface area contributed by atoms with E-state index < -0.39 is 17.9 Å². The van der Waals surface area contributed by atoms with Crippen LogP contribution in [0.5, 0.6) is 17.2 Å². The van der Waals surface area contributed by atoms with Crippen molar-refractivity contribution >= 4 is 47.9 Å². The number of benzene rings is 1. The first kappa shape index (κ1) is 25.6. The number of aromatic nitrogens is 1. The molecule has 0 radical (unpaired) electrons. The van der Waals surface area contributed by atoms with Gasteiger partial charge in [0.1, 0.15) is 17.8 Å². The predicted molar refractivity (Wildman–Crippen MR) is 134 cm³/mol. The number of thiol groups is 1. The number of allylic oxidation sites excluding steroid dienone is 2. The molecule has 0 saturated carbocycles. The number of amides is 3. The molecule has 1 aromatic carbocycles. The fourth-order valence-corrected chi connectivity index (χ4v) is 3.46. The molecule has 1 aliphatic heterocycles. The molecule has 0 spiro atoms. The second kappa shape index (κ2) is 12.5. The fraction of sp³-hybridized carbons (Fsp3) is 0.250. The van der Waals surface area contributed by atoms with E-state index in [0.29, 0.717) is 28.8 Å². The summed E-state index contributed by atoms with van der Waals surface area (Å²) in [6.45, 7) is 0. The summed E-state index contributed by atoms with van der Waals surface area (Å²) in [6, 6.07) is 6.43. The first-order chi connectivity index (χ1) is 16.9. The van der Waals surface area contributed by atoms with Crippen molar-refractivity contribution in [2.24, 2.45) is 0 Å². The Kier molecular flexibility index (Phi) is 9.13. The fourth-order valence-electron chi connectivity index (χ4n) is 3.33. The maximum Gasteiger partial charge on any atom is 0.249 e. The van der Waals surface area contributed by atoms with E-state index in [0.717, 1.165) is 5.56 Å². The molecular weight excluding hydrogens is 472 g/mol. The summed E-state index contributed by atoms with van der Waals surface area (Å²) >= 11 is 4.11. The molecule has 184 valence electrons. The van der Waals surface area contributed by atoms with Crippen LogP contribution in [0.1, 0.15) is 18.4 Å². The Labute approximate surface area is 208 Å². The highest BCUT2D eigenvalue weighted by atomic mass is 32.1. The Morgan fingerprint density at radius 3 is 2.74 bits per heavy atom. The van der Waals surface area contributed by atoms with E-state index in [1.807, 2.05) is 6.07 Å². The van der Waals surface area contributed by atoms with Crippen LogP contribution in [-0.4, -0.2) is 48.9 Å². The lowest BCUT2D eigenvalue weighted by atomic mass is 10.1. The molecule has 35 heavy (non-hydrogen) atoms. The number of imide groups is 1. The molecule has 1 aliphatic rings. The molecule has 1 unspecified atom stereocenters. The number of methoxy groups -OCH3 is 2. The van der Waals surface area contributed by atoms with Gasteiger partial charge in [-0.2, -0.15) is 0 Å². The van der Waals surface area contributed by atoms with E-state index in [1.165, 1.54) is 20.3 Å². The second-order valence-corrected chi connectivity index (χ2v) is 7.54. The van der Waals surface area contributed by atoms with E-state index in [4.69, 9.17) is 14.2 Å². The molecule has 1 atom stereocenters. The van der Waals surface area contributed by atoms with Crippen LogP contribution in [0.2, 0.25) is 0 Å². The summed E-state index contributed by atoms with van der Waals surface area (Å²) in [6.07, 6.45) is 8.43. The Hall–Kier alpha value is -3.99. The van der Waals surface area contributed by atoms with Gasteiger partial charge < -0.3 is 24.8 Å². The summed E-state index contributed by atoms with van der Waals surface area (Å²) in [5, 5.41) is 8.01. The number of anilines is 2. The number of nitrogens with zero attached hydrogens (tertiary/aromatic N) is 1. The molecule has 0 aliphatic carbocycles. The number of ether oxygens (including phenoxy) is 3. The summed E-state index contributed by atoms with van der Waals surface area (Å²) < 4.78 is 16.3. The van der Waals surface area contributed by atoms with Crippen LogP contribution in [0.3, 0.4) is 0 Å². The topological polar surface area (TPSA) is 128 Å². The minimum absolute atomic E-state index is 0.157. The third-order valence-corrected chi connectivity index (χ3v) is 5.09. The van der Waals surface area contributed by atoms with Gasteiger partial charge in [-0.15, -0.1) is 12.6 Å². The molecule has 3 amide bonds. The van der Waals surface area contributed by atoms with Crippen molar-refractivity contribution in [3.8, 4) is 17.2 Å². The van der Waals surface area contributed by atoms with Crippen LogP contribution in [0, 0.1) is 0 Å². The van der Waals surface area contributed by atoms with E-state index >= 15 is 0 Å². The maximum absolute atomic E-state index is 12.1. The zero-order valence-corrected chi connectivity index (χ0v) is 20.1. The van der Waals surface area contributed by atoms with E-state index in [1.54, 1.807) is 42.6 Å². The van der Waals surface area contributed by atoms with Crippen molar-refractivity contribution in [2.45, 2.75) is 18.9 Å². The number of carbonyl (C=O) groups excluding carboxylic acids is 3. The van der Waals surface area contributed by atoms with Crippen molar-refractivity contribution < 1.29 is 28.6 Å². The number of rotatable bonds is 10. The zero-order chi connectivity index (χ0) is 25.2. The van der Waals surface area contributed by atoms with Gasteiger partial charge in [0.2, 0.25) is 23.5 Å². The van der Waals surface area contributed by atoms with Gasteiger partial charge in [-0.05, 0) is 18.6 Å². The number of hydrogen-bond donors (Lipinski definition) is 4. The van der Waals surface area contributed by atoms with Gasteiger partial charge in [0.25, 0.3) is 0 Å². The Morgan fingerprint density at radius 1 is 1.23 bits per heavy atom. The largest absolute Gasteiger partial charge is 0.493 e. The van der Waals surface area contributed by atoms with Crippen LogP contribution in [0.15, 0.2) is 48.7 Å². The SMILES string of the molecule is COc1cc(Nc2ncccc2/C=C/C=C/C(=O)NC2CCC(=O)NC2=O)cc(OCS)c1OC. The molecule has 2 heterocycles. The Bertz CT molecular complexity index is 1150. The number of hydrogen-bond acceptors (Lipinski definition) is 9. The summed E-state index contributed by atoms with van der Waals surface area (Å²) in [5.74, 6) is 0.846. The number of carbonyl (C=O) groups is 3. The highest BCUT2D eigenvalue weighted by molar-refractivity contribution is 7.80. The normalized spacial score (nSPS) is 15.7. The zero-order valence-electron chi connectivity index (χ0n) is 19.2. The van der Waals surface area contributed by atoms with E-state index in [2.05, 4.69) is 33.6 Å². The van der Waals surface area contributed by atoms with Crippen LogP contribution < -0.4 is 30.2 Å². The summed E-state index contributed by atoms with van der Waals surface area (Å²) in [5.41, 5.74) is 1.42. The number of nitrogens with one attached hydrogen (secondary N) is 3. The quantitative estimate of drug-likeness (QED) is 0.129. The van der Waals surface area contributed by atoms with E-state index in [9.17, 15) is 14.4 Å². The van der Waals surface area contributed by atoms with Crippen molar-refractivity contribution in [1.29, 1.82) is 0 Å². The monoisotopic (exact) mass is 498 g/mol. The molecule has 1 aromatic heterocycles. The van der Waals surface area contributed by atoms with Gasteiger partial charge in [-0.1, -0.05) is 18.2 Å². The molecule has 0 bridgehead atoms. The van der Waals surface area contributed by atoms with Crippen LogP contribution >= 0.6 is 12.6 Å². The predicted octanol–water partition coefficient (Wildman–Crippen LogP) is 2.60. The van der Waals surface area contributed by atoms with Gasteiger partial charge in [0.05, 0.1) is 14.2 Å². The number of pyridine rings is 1. The lowest BCUT2D eigenvalue weighted by Gasteiger charge is -2.20. The highest BCUT2D eigenvalue weighted by Gasteiger charge is 2.27. The minimum Gasteiger partial charge on any atom is -0.493 e. The average Bonchev–Trinajstić information content (AvgIpc) is 2.84. The van der Waals surface area contributed by atoms with Crippen molar-refractivity contribution in [3.05, 3.63) is 54.3 Å². The Balaban J connectivity index is 1.69. The minimum atomic E-state index is -0.721. The van der Waals surface area contributed by atoms with Gasteiger partial charge in [0, 0.05) is 42.1 Å². The first-order valence-electron chi connectivity index (χ1n) is 10.7. The van der Waals surface area contributed by atoms with Crippen molar-refractivity contribution in [1.82, 2.24) is 15.6 Å². The Morgan fingerprint density at radius 2 is 2.03 bits per heavy atom. The van der Waals surface area contributed by atoms with Crippen molar-refractivity contribution in [3.63, 3.8) is 0 Å². The van der Waals surface area contributed by atoms with Crippen LogP contribution in [0.4, 0.5) is 11.5 Å².